The third-order valence-corrected chi connectivity index (χ3v) is 7.10. The quantitative estimate of drug-likeness (QED) is 0.328. The van der Waals surface area contributed by atoms with Crippen molar-refractivity contribution >= 4 is 22.0 Å². The monoisotopic (exact) mass is 496 g/mol. The zero-order chi connectivity index (χ0) is 24.5. The van der Waals surface area contributed by atoms with Gasteiger partial charge in [0.2, 0.25) is 0 Å². The van der Waals surface area contributed by atoms with Crippen LogP contribution in [0.4, 0.5) is 0 Å². The molecule has 0 spiro atoms. The van der Waals surface area contributed by atoms with Gasteiger partial charge >= 0.3 is 0 Å². The second-order valence-corrected chi connectivity index (χ2v) is 9.94. The van der Waals surface area contributed by atoms with Crippen molar-refractivity contribution in [3.8, 4) is 0 Å². The average Bonchev–Trinajstić information content (AvgIpc) is 3.38. The van der Waals surface area contributed by atoms with Crippen LogP contribution in [0.3, 0.4) is 0 Å². The summed E-state index contributed by atoms with van der Waals surface area (Å²) in [5.41, 5.74) is 4.99. The minimum absolute atomic E-state index is 0.181. The van der Waals surface area contributed by atoms with Crippen LogP contribution in [-0.4, -0.2) is 36.2 Å². The van der Waals surface area contributed by atoms with Crippen LogP contribution in [0.25, 0.3) is 6.08 Å². The molecule has 0 radical (unpaired) electrons. The SMILES string of the molecule is O=C(C=Cc1ccn(S(=O)(=O)c2ccc(CNCc3ccncc3)cc2)c1)NOC1CCCCO1. The van der Waals surface area contributed by atoms with Gasteiger partial charge in [-0.15, -0.1) is 0 Å². The zero-order valence-electron chi connectivity index (χ0n) is 19.2. The molecule has 1 aliphatic heterocycles. The molecule has 1 fully saturated rings. The second-order valence-electron chi connectivity index (χ2n) is 8.10. The van der Waals surface area contributed by atoms with Crippen molar-refractivity contribution in [1.82, 2.24) is 19.8 Å². The van der Waals surface area contributed by atoms with Crippen molar-refractivity contribution in [2.24, 2.45) is 0 Å². The first-order valence-electron chi connectivity index (χ1n) is 11.4. The highest BCUT2D eigenvalue weighted by Crippen LogP contribution is 2.17. The van der Waals surface area contributed by atoms with E-state index in [1.807, 2.05) is 12.1 Å². The number of pyridine rings is 1. The van der Waals surface area contributed by atoms with E-state index >= 15 is 0 Å². The fourth-order valence-corrected chi connectivity index (χ4v) is 4.73. The highest BCUT2D eigenvalue weighted by molar-refractivity contribution is 7.90. The van der Waals surface area contributed by atoms with Gasteiger partial charge in [-0.1, -0.05) is 12.1 Å². The summed E-state index contributed by atoms with van der Waals surface area (Å²) in [6.07, 6.45) is 11.5. The molecular weight excluding hydrogens is 468 g/mol. The summed E-state index contributed by atoms with van der Waals surface area (Å²) in [6.45, 7) is 1.92. The Kier molecular flexibility index (Phi) is 8.43. The fourth-order valence-electron chi connectivity index (χ4n) is 3.53. The standard InChI is InChI=1S/C25H28N4O5S/c30-24(28-34-25-3-1-2-16-33-25)9-6-22-12-15-29(19-22)35(31,32)23-7-4-20(5-8-23)17-27-18-21-10-13-26-14-11-21/h4-15,19,25,27H,1-3,16-18H2,(H,28,30). The predicted octanol–water partition coefficient (Wildman–Crippen LogP) is 3.00. The van der Waals surface area contributed by atoms with Gasteiger partial charge in [-0.2, -0.15) is 0 Å². The molecule has 4 rings (SSSR count). The van der Waals surface area contributed by atoms with Crippen molar-refractivity contribution in [2.45, 2.75) is 43.5 Å². The summed E-state index contributed by atoms with van der Waals surface area (Å²) in [6, 6.07) is 12.3. The Bertz CT molecular complexity index is 1230. The summed E-state index contributed by atoms with van der Waals surface area (Å²) in [5, 5.41) is 3.32. The molecule has 2 N–H and O–H groups in total. The van der Waals surface area contributed by atoms with E-state index in [2.05, 4.69) is 15.8 Å². The number of hydrogen-bond acceptors (Lipinski definition) is 7. The van der Waals surface area contributed by atoms with Gasteiger partial charge in [0.1, 0.15) is 0 Å². The maximum atomic E-state index is 13.0. The molecule has 0 saturated carbocycles. The molecule has 1 atom stereocenters. The van der Waals surface area contributed by atoms with Gasteiger partial charge < -0.3 is 10.1 Å². The first kappa shape index (κ1) is 24.8. The highest BCUT2D eigenvalue weighted by Gasteiger charge is 2.17. The summed E-state index contributed by atoms with van der Waals surface area (Å²) in [7, 11) is -3.75. The molecule has 9 nitrogen and oxygen atoms in total. The molecule has 0 bridgehead atoms. The van der Waals surface area contributed by atoms with Crippen molar-refractivity contribution in [3.63, 3.8) is 0 Å². The molecule has 1 unspecified atom stereocenters. The third kappa shape index (κ3) is 7.09. The van der Waals surface area contributed by atoms with Crippen molar-refractivity contribution in [3.05, 3.63) is 90.0 Å². The molecule has 2 aromatic heterocycles. The Hall–Kier alpha value is -3.31. The highest BCUT2D eigenvalue weighted by atomic mass is 32.2. The first-order chi connectivity index (χ1) is 17.0. The maximum absolute atomic E-state index is 13.0. The van der Waals surface area contributed by atoms with Crippen LogP contribution in [-0.2, 0) is 37.5 Å². The molecule has 184 valence electrons. The fraction of sp³-hybridized carbons (Fsp3) is 0.280. The number of nitrogens with one attached hydrogen (secondary N) is 2. The number of benzene rings is 1. The lowest BCUT2D eigenvalue weighted by Crippen LogP contribution is -2.32. The molecule has 35 heavy (non-hydrogen) atoms. The Morgan fingerprint density at radius 3 is 2.54 bits per heavy atom. The van der Waals surface area contributed by atoms with Crippen LogP contribution in [0.5, 0.6) is 0 Å². The molecule has 3 heterocycles. The summed E-state index contributed by atoms with van der Waals surface area (Å²) in [5.74, 6) is -0.456. The number of hydroxylamine groups is 1. The van der Waals surface area contributed by atoms with E-state index in [1.54, 1.807) is 42.7 Å². The lowest BCUT2D eigenvalue weighted by molar-refractivity contribution is -0.198. The third-order valence-electron chi connectivity index (χ3n) is 5.45. The molecule has 3 aromatic rings. The normalized spacial score (nSPS) is 16.4. The van der Waals surface area contributed by atoms with E-state index in [-0.39, 0.29) is 4.90 Å². The van der Waals surface area contributed by atoms with Crippen LogP contribution in [0.2, 0.25) is 0 Å². The Morgan fingerprint density at radius 1 is 1.09 bits per heavy atom. The minimum atomic E-state index is -3.75. The van der Waals surface area contributed by atoms with E-state index in [0.29, 0.717) is 25.3 Å². The molecule has 10 heteroatoms. The summed E-state index contributed by atoms with van der Waals surface area (Å²) >= 11 is 0. The van der Waals surface area contributed by atoms with Gasteiger partial charge in [-0.3, -0.25) is 9.78 Å². The van der Waals surface area contributed by atoms with Gasteiger partial charge in [0, 0.05) is 57.0 Å². The van der Waals surface area contributed by atoms with Crippen LogP contribution in [0.1, 0.15) is 36.0 Å². The van der Waals surface area contributed by atoms with Gasteiger partial charge in [0.25, 0.3) is 15.9 Å². The van der Waals surface area contributed by atoms with Gasteiger partial charge in [0.15, 0.2) is 6.29 Å². The van der Waals surface area contributed by atoms with Gasteiger partial charge in [-0.05, 0) is 65.9 Å². The number of carbonyl (C=O) groups excluding carboxylic acids is 1. The van der Waals surface area contributed by atoms with Crippen LogP contribution < -0.4 is 10.8 Å². The first-order valence-corrected chi connectivity index (χ1v) is 12.8. The number of nitrogens with zero attached hydrogens (tertiary/aromatic N) is 2. The largest absolute Gasteiger partial charge is 0.350 e. The number of aromatic nitrogens is 2. The van der Waals surface area contributed by atoms with E-state index in [9.17, 15) is 13.2 Å². The second kappa shape index (κ2) is 11.9. The molecule has 1 saturated heterocycles. The van der Waals surface area contributed by atoms with E-state index in [0.717, 1.165) is 34.4 Å². The smallest absolute Gasteiger partial charge is 0.267 e. The maximum Gasteiger partial charge on any atom is 0.267 e. The lowest BCUT2D eigenvalue weighted by Gasteiger charge is -2.21. The van der Waals surface area contributed by atoms with Crippen LogP contribution >= 0.6 is 0 Å². The van der Waals surface area contributed by atoms with E-state index < -0.39 is 22.2 Å². The zero-order valence-corrected chi connectivity index (χ0v) is 20.0. The van der Waals surface area contributed by atoms with Crippen molar-refractivity contribution in [1.29, 1.82) is 0 Å². The molecule has 1 aliphatic rings. The Labute approximate surface area is 204 Å². The number of carbonyl (C=O) groups is 1. The average molecular weight is 497 g/mol. The number of rotatable bonds is 10. The van der Waals surface area contributed by atoms with E-state index in [4.69, 9.17) is 9.57 Å². The Morgan fingerprint density at radius 2 is 1.83 bits per heavy atom. The molecular formula is C25H28N4O5S. The molecule has 1 aromatic carbocycles. The van der Waals surface area contributed by atoms with Crippen LogP contribution in [0, 0.1) is 0 Å². The molecule has 1 amide bonds. The van der Waals surface area contributed by atoms with Gasteiger partial charge in [0.05, 0.1) is 4.90 Å². The molecule has 0 aliphatic carbocycles. The number of ether oxygens (including phenoxy) is 1. The minimum Gasteiger partial charge on any atom is -0.350 e. The van der Waals surface area contributed by atoms with E-state index in [1.165, 1.54) is 24.5 Å². The topological polar surface area (TPSA) is 112 Å². The lowest BCUT2D eigenvalue weighted by atomic mass is 10.2. The van der Waals surface area contributed by atoms with Gasteiger partial charge in [-0.25, -0.2) is 22.7 Å². The van der Waals surface area contributed by atoms with Crippen molar-refractivity contribution < 1.29 is 22.8 Å². The van der Waals surface area contributed by atoms with Crippen molar-refractivity contribution in [2.75, 3.05) is 6.61 Å². The predicted molar refractivity (Wildman–Crippen MR) is 130 cm³/mol. The summed E-state index contributed by atoms with van der Waals surface area (Å²) < 4.78 is 32.5. The Balaban J connectivity index is 1.30. The number of amides is 1. The summed E-state index contributed by atoms with van der Waals surface area (Å²) in [4.78, 5) is 21.4. The number of hydrogen-bond donors (Lipinski definition) is 2. The van der Waals surface area contributed by atoms with Crippen LogP contribution in [0.15, 0.2) is 78.2 Å².